The van der Waals surface area contributed by atoms with E-state index < -0.39 is 0 Å². The molecule has 0 spiro atoms. The van der Waals surface area contributed by atoms with Crippen molar-refractivity contribution in [3.63, 3.8) is 0 Å². The smallest absolute Gasteiger partial charge is 0.242 e. The number of anilines is 2. The first-order valence-corrected chi connectivity index (χ1v) is 7.92. The van der Waals surface area contributed by atoms with Crippen molar-refractivity contribution >= 4 is 17.3 Å². The molecule has 21 heavy (non-hydrogen) atoms. The van der Waals surface area contributed by atoms with Crippen LogP contribution in [0.15, 0.2) is 24.3 Å². The summed E-state index contributed by atoms with van der Waals surface area (Å²) in [6, 6.07) is 7.74. The third-order valence-corrected chi connectivity index (χ3v) is 3.62. The lowest BCUT2D eigenvalue weighted by Gasteiger charge is -2.31. The Morgan fingerprint density at radius 1 is 1.29 bits per heavy atom. The molecule has 2 unspecified atom stereocenters. The third kappa shape index (κ3) is 5.29. The maximum absolute atomic E-state index is 12.4. The van der Waals surface area contributed by atoms with Crippen LogP contribution in [-0.2, 0) is 4.79 Å². The number of carbonyl (C=O) groups is 1. The van der Waals surface area contributed by atoms with Gasteiger partial charge in [-0.15, -0.1) is 0 Å². The van der Waals surface area contributed by atoms with E-state index in [9.17, 15) is 4.79 Å². The molecule has 118 valence electrons. The Hall–Kier alpha value is -1.71. The summed E-state index contributed by atoms with van der Waals surface area (Å²) in [7, 11) is 0. The molecule has 0 bridgehead atoms. The highest BCUT2D eigenvalue weighted by Crippen LogP contribution is 2.20. The van der Waals surface area contributed by atoms with Gasteiger partial charge in [-0.1, -0.05) is 26.3 Å². The third-order valence-electron chi connectivity index (χ3n) is 3.62. The molecule has 4 nitrogen and oxygen atoms in total. The Morgan fingerprint density at radius 2 is 2.00 bits per heavy atom. The molecule has 0 aliphatic heterocycles. The maximum atomic E-state index is 12.4. The molecule has 0 aliphatic rings. The predicted octanol–water partition coefficient (Wildman–Crippen LogP) is 3.18. The number of nitrogen functional groups attached to an aromatic ring is 1. The van der Waals surface area contributed by atoms with Gasteiger partial charge in [-0.25, -0.2) is 0 Å². The molecule has 0 saturated carbocycles. The second kappa shape index (κ2) is 8.55. The van der Waals surface area contributed by atoms with Gasteiger partial charge in [0.1, 0.15) is 6.04 Å². The standard InChI is InChI=1S/C17H29N3O/c1-5-8-13(3)19-17(21)14(4)20(11-6-2)16-10-7-9-15(18)12-16/h7,9-10,12-14H,5-6,8,11,18H2,1-4H3,(H,19,21). The van der Waals surface area contributed by atoms with Gasteiger partial charge >= 0.3 is 0 Å². The van der Waals surface area contributed by atoms with E-state index in [1.807, 2.05) is 31.2 Å². The monoisotopic (exact) mass is 291 g/mol. The number of rotatable bonds is 8. The van der Waals surface area contributed by atoms with Gasteiger partial charge in [0.05, 0.1) is 0 Å². The van der Waals surface area contributed by atoms with Gasteiger partial charge in [-0.05, 0) is 44.9 Å². The normalized spacial score (nSPS) is 13.5. The summed E-state index contributed by atoms with van der Waals surface area (Å²) in [6.07, 6.45) is 3.06. The molecule has 1 aromatic carbocycles. The summed E-state index contributed by atoms with van der Waals surface area (Å²) >= 11 is 0. The highest BCUT2D eigenvalue weighted by Gasteiger charge is 2.22. The summed E-state index contributed by atoms with van der Waals surface area (Å²) in [5.74, 6) is 0.0758. The lowest BCUT2D eigenvalue weighted by molar-refractivity contribution is -0.122. The molecule has 3 N–H and O–H groups in total. The molecular weight excluding hydrogens is 262 g/mol. The molecule has 0 saturated heterocycles. The average Bonchev–Trinajstić information content (AvgIpc) is 2.44. The lowest BCUT2D eigenvalue weighted by atomic mass is 10.1. The molecule has 2 atom stereocenters. The molecule has 0 heterocycles. The number of nitrogens with zero attached hydrogens (tertiary/aromatic N) is 1. The van der Waals surface area contributed by atoms with Crippen molar-refractivity contribution in [2.24, 2.45) is 0 Å². The van der Waals surface area contributed by atoms with Crippen molar-refractivity contribution in [2.45, 2.75) is 59.0 Å². The summed E-state index contributed by atoms with van der Waals surface area (Å²) in [4.78, 5) is 14.5. The fourth-order valence-corrected chi connectivity index (χ4v) is 2.50. The van der Waals surface area contributed by atoms with Crippen LogP contribution in [0, 0.1) is 0 Å². The zero-order valence-corrected chi connectivity index (χ0v) is 13.7. The SMILES string of the molecule is CCCC(C)NC(=O)C(C)N(CCC)c1cccc(N)c1. The Morgan fingerprint density at radius 3 is 2.57 bits per heavy atom. The van der Waals surface area contributed by atoms with Crippen LogP contribution < -0.4 is 16.0 Å². The first-order chi connectivity index (χ1) is 9.99. The van der Waals surface area contributed by atoms with Gasteiger partial charge < -0.3 is 16.0 Å². The van der Waals surface area contributed by atoms with Crippen molar-refractivity contribution < 1.29 is 4.79 Å². The summed E-state index contributed by atoms with van der Waals surface area (Å²) in [5.41, 5.74) is 7.59. The number of hydrogen-bond donors (Lipinski definition) is 2. The van der Waals surface area contributed by atoms with Crippen LogP contribution >= 0.6 is 0 Å². The quantitative estimate of drug-likeness (QED) is 0.723. The van der Waals surface area contributed by atoms with Gasteiger partial charge in [-0.2, -0.15) is 0 Å². The zero-order valence-electron chi connectivity index (χ0n) is 13.7. The van der Waals surface area contributed by atoms with Crippen molar-refractivity contribution in [3.05, 3.63) is 24.3 Å². The Balaban J connectivity index is 2.82. The molecule has 0 radical (unpaired) electrons. The molecule has 1 aromatic rings. The second-order valence-corrected chi connectivity index (χ2v) is 5.66. The fourth-order valence-electron chi connectivity index (χ4n) is 2.50. The van der Waals surface area contributed by atoms with Gasteiger partial charge in [0.25, 0.3) is 0 Å². The molecule has 0 aliphatic carbocycles. The van der Waals surface area contributed by atoms with Crippen molar-refractivity contribution in [1.82, 2.24) is 5.32 Å². The summed E-state index contributed by atoms with van der Waals surface area (Å²) in [5, 5.41) is 3.09. The molecule has 0 fully saturated rings. The number of amides is 1. The largest absolute Gasteiger partial charge is 0.399 e. The number of benzene rings is 1. The van der Waals surface area contributed by atoms with Gasteiger partial charge in [0.2, 0.25) is 5.91 Å². The molecule has 4 heteroatoms. The van der Waals surface area contributed by atoms with Crippen LogP contribution in [0.3, 0.4) is 0 Å². The van der Waals surface area contributed by atoms with Crippen molar-refractivity contribution in [2.75, 3.05) is 17.2 Å². The minimum atomic E-state index is -0.203. The van der Waals surface area contributed by atoms with Crippen LogP contribution in [0.5, 0.6) is 0 Å². The summed E-state index contributed by atoms with van der Waals surface area (Å²) in [6.45, 7) is 9.08. The van der Waals surface area contributed by atoms with Crippen LogP contribution in [0.2, 0.25) is 0 Å². The van der Waals surface area contributed by atoms with E-state index in [4.69, 9.17) is 5.73 Å². The van der Waals surface area contributed by atoms with E-state index in [1.165, 1.54) is 0 Å². The topological polar surface area (TPSA) is 58.4 Å². The second-order valence-electron chi connectivity index (χ2n) is 5.66. The number of hydrogen-bond acceptors (Lipinski definition) is 3. The molecule has 0 aromatic heterocycles. The van der Waals surface area contributed by atoms with E-state index in [2.05, 4.69) is 31.0 Å². The van der Waals surface area contributed by atoms with Crippen LogP contribution in [-0.4, -0.2) is 24.5 Å². The van der Waals surface area contributed by atoms with E-state index in [-0.39, 0.29) is 18.0 Å². The highest BCUT2D eigenvalue weighted by atomic mass is 16.2. The molecular formula is C17H29N3O. The Labute approximate surface area is 128 Å². The number of nitrogens with two attached hydrogens (primary N) is 1. The predicted molar refractivity (Wildman–Crippen MR) is 90.5 cm³/mol. The van der Waals surface area contributed by atoms with Gasteiger partial charge in [0.15, 0.2) is 0 Å². The van der Waals surface area contributed by atoms with Gasteiger partial charge in [0, 0.05) is 24.0 Å². The van der Waals surface area contributed by atoms with Crippen LogP contribution in [0.25, 0.3) is 0 Å². The van der Waals surface area contributed by atoms with E-state index in [1.54, 1.807) is 0 Å². The highest BCUT2D eigenvalue weighted by molar-refractivity contribution is 5.85. The van der Waals surface area contributed by atoms with Gasteiger partial charge in [-0.3, -0.25) is 4.79 Å². The molecule has 1 amide bonds. The fraction of sp³-hybridized carbons (Fsp3) is 0.588. The lowest BCUT2D eigenvalue weighted by Crippen LogP contribution is -2.48. The number of carbonyl (C=O) groups excluding carboxylic acids is 1. The first kappa shape index (κ1) is 17.3. The maximum Gasteiger partial charge on any atom is 0.242 e. The zero-order chi connectivity index (χ0) is 15.8. The minimum absolute atomic E-state index is 0.0758. The van der Waals surface area contributed by atoms with E-state index in [0.717, 1.165) is 37.2 Å². The molecule has 1 rings (SSSR count). The van der Waals surface area contributed by atoms with Crippen LogP contribution in [0.4, 0.5) is 11.4 Å². The van der Waals surface area contributed by atoms with Crippen molar-refractivity contribution in [1.29, 1.82) is 0 Å². The average molecular weight is 291 g/mol. The van der Waals surface area contributed by atoms with E-state index in [0.29, 0.717) is 0 Å². The van der Waals surface area contributed by atoms with Crippen molar-refractivity contribution in [3.8, 4) is 0 Å². The Bertz CT molecular complexity index is 447. The Kier molecular flexibility index (Phi) is 7.06. The first-order valence-electron chi connectivity index (χ1n) is 7.92. The van der Waals surface area contributed by atoms with E-state index >= 15 is 0 Å². The minimum Gasteiger partial charge on any atom is -0.399 e. The van der Waals surface area contributed by atoms with Crippen LogP contribution in [0.1, 0.15) is 47.0 Å². The summed E-state index contributed by atoms with van der Waals surface area (Å²) < 4.78 is 0. The number of nitrogens with one attached hydrogen (secondary N) is 1.